The summed E-state index contributed by atoms with van der Waals surface area (Å²) in [6.45, 7) is 12.0. The Morgan fingerprint density at radius 3 is 2.47 bits per heavy atom. The molecule has 1 aromatic carbocycles. The minimum absolute atomic E-state index is 0.822. The van der Waals surface area contributed by atoms with Crippen LogP contribution in [-0.4, -0.2) is 5.71 Å². The SMILES string of the molecule is C=C(Nc1ccccc1C)/C(=C/C)N=C(C)C. The number of benzene rings is 1. The maximum atomic E-state index is 4.44. The Labute approximate surface area is 104 Å². The van der Waals surface area contributed by atoms with Crippen LogP contribution in [-0.2, 0) is 0 Å². The van der Waals surface area contributed by atoms with Gasteiger partial charge in [0.1, 0.15) is 0 Å². The van der Waals surface area contributed by atoms with Gasteiger partial charge in [0.15, 0.2) is 0 Å². The fraction of sp³-hybridized carbons (Fsp3) is 0.267. The first-order chi connectivity index (χ1) is 8.04. The van der Waals surface area contributed by atoms with Crippen LogP contribution in [0.5, 0.6) is 0 Å². The summed E-state index contributed by atoms with van der Waals surface area (Å²) in [5, 5.41) is 3.30. The minimum atomic E-state index is 0.822. The topological polar surface area (TPSA) is 24.4 Å². The number of hydrogen-bond acceptors (Lipinski definition) is 2. The average Bonchev–Trinajstić information content (AvgIpc) is 2.28. The molecule has 0 amide bonds. The predicted octanol–water partition coefficient (Wildman–Crippen LogP) is 4.31. The summed E-state index contributed by atoms with van der Waals surface area (Å²) in [7, 11) is 0. The molecule has 90 valence electrons. The zero-order valence-corrected chi connectivity index (χ0v) is 11.0. The summed E-state index contributed by atoms with van der Waals surface area (Å²) in [6, 6.07) is 8.13. The maximum absolute atomic E-state index is 4.44. The Kier molecular flexibility index (Phi) is 4.70. The molecule has 1 aromatic rings. The second-order valence-electron chi connectivity index (χ2n) is 4.15. The normalized spacial score (nSPS) is 10.9. The Balaban J connectivity index is 2.86. The quantitative estimate of drug-likeness (QED) is 0.603. The number of anilines is 1. The minimum Gasteiger partial charge on any atom is -0.354 e. The van der Waals surface area contributed by atoms with Crippen molar-refractivity contribution in [3.63, 3.8) is 0 Å². The molecule has 0 aliphatic rings. The van der Waals surface area contributed by atoms with Crippen LogP contribution in [0.15, 0.2) is 53.3 Å². The van der Waals surface area contributed by atoms with Gasteiger partial charge in [0.25, 0.3) is 0 Å². The summed E-state index contributed by atoms with van der Waals surface area (Å²) >= 11 is 0. The Bertz CT molecular complexity index is 464. The van der Waals surface area contributed by atoms with Crippen molar-refractivity contribution in [1.29, 1.82) is 0 Å². The molecule has 0 unspecified atom stereocenters. The molecule has 0 radical (unpaired) electrons. The summed E-state index contributed by atoms with van der Waals surface area (Å²) in [4.78, 5) is 4.44. The second-order valence-corrected chi connectivity index (χ2v) is 4.15. The number of aryl methyl sites for hydroxylation is 1. The van der Waals surface area contributed by atoms with Gasteiger partial charge >= 0.3 is 0 Å². The lowest BCUT2D eigenvalue weighted by molar-refractivity contribution is 1.26. The van der Waals surface area contributed by atoms with Gasteiger partial charge in [0, 0.05) is 11.4 Å². The van der Waals surface area contributed by atoms with Crippen LogP contribution in [0.2, 0.25) is 0 Å². The van der Waals surface area contributed by atoms with Crippen molar-refractivity contribution in [1.82, 2.24) is 0 Å². The molecular formula is C15H20N2. The van der Waals surface area contributed by atoms with Crippen LogP contribution >= 0.6 is 0 Å². The van der Waals surface area contributed by atoms with E-state index in [9.17, 15) is 0 Å². The highest BCUT2D eigenvalue weighted by Gasteiger charge is 2.02. The largest absolute Gasteiger partial charge is 0.354 e. The molecule has 17 heavy (non-hydrogen) atoms. The van der Waals surface area contributed by atoms with Crippen LogP contribution in [0.3, 0.4) is 0 Å². The number of hydrogen-bond donors (Lipinski definition) is 1. The Morgan fingerprint density at radius 1 is 1.29 bits per heavy atom. The Hall–Kier alpha value is -1.83. The van der Waals surface area contributed by atoms with Gasteiger partial charge in [-0.05, 0) is 39.3 Å². The molecule has 2 nitrogen and oxygen atoms in total. The summed E-state index contributed by atoms with van der Waals surface area (Å²) in [6.07, 6.45) is 1.96. The van der Waals surface area contributed by atoms with Crippen LogP contribution in [0.4, 0.5) is 5.69 Å². The lowest BCUT2D eigenvalue weighted by Gasteiger charge is -2.12. The van der Waals surface area contributed by atoms with E-state index >= 15 is 0 Å². The van der Waals surface area contributed by atoms with Gasteiger partial charge in [-0.1, -0.05) is 30.9 Å². The molecule has 0 spiro atoms. The van der Waals surface area contributed by atoms with Gasteiger partial charge in [-0.15, -0.1) is 0 Å². The van der Waals surface area contributed by atoms with Crippen LogP contribution < -0.4 is 5.32 Å². The van der Waals surface area contributed by atoms with Crippen molar-refractivity contribution < 1.29 is 0 Å². The smallest absolute Gasteiger partial charge is 0.0814 e. The van der Waals surface area contributed by atoms with E-state index in [0.717, 1.165) is 22.8 Å². The van der Waals surface area contributed by atoms with Gasteiger partial charge in [-0.3, -0.25) is 4.99 Å². The fourth-order valence-electron chi connectivity index (χ4n) is 1.49. The number of allylic oxidation sites excluding steroid dienone is 1. The Morgan fingerprint density at radius 2 is 1.94 bits per heavy atom. The second kappa shape index (κ2) is 6.04. The third-order valence-electron chi connectivity index (χ3n) is 2.36. The fourth-order valence-corrected chi connectivity index (χ4v) is 1.49. The van der Waals surface area contributed by atoms with E-state index in [2.05, 4.69) is 29.9 Å². The van der Waals surface area contributed by atoms with Gasteiger partial charge in [0.05, 0.1) is 11.4 Å². The molecule has 0 aliphatic heterocycles. The number of nitrogens with zero attached hydrogens (tertiary/aromatic N) is 1. The van der Waals surface area contributed by atoms with E-state index in [1.807, 2.05) is 45.0 Å². The van der Waals surface area contributed by atoms with Crippen LogP contribution in [0.25, 0.3) is 0 Å². The first-order valence-electron chi connectivity index (χ1n) is 5.74. The molecule has 0 aliphatic carbocycles. The molecule has 0 heterocycles. The maximum Gasteiger partial charge on any atom is 0.0814 e. The number of rotatable bonds is 4. The molecular weight excluding hydrogens is 208 g/mol. The van der Waals surface area contributed by atoms with Crippen LogP contribution in [0, 0.1) is 6.92 Å². The van der Waals surface area contributed by atoms with E-state index in [1.165, 1.54) is 5.56 Å². The first kappa shape index (κ1) is 13.2. The van der Waals surface area contributed by atoms with Crippen molar-refractivity contribution in [2.45, 2.75) is 27.7 Å². The van der Waals surface area contributed by atoms with Crippen molar-refractivity contribution in [2.75, 3.05) is 5.32 Å². The summed E-state index contributed by atoms with van der Waals surface area (Å²) in [5.41, 5.74) is 4.99. The lowest BCUT2D eigenvalue weighted by Crippen LogP contribution is -2.02. The van der Waals surface area contributed by atoms with E-state index in [-0.39, 0.29) is 0 Å². The third kappa shape index (κ3) is 3.91. The molecule has 0 aromatic heterocycles. The highest BCUT2D eigenvalue weighted by atomic mass is 14.9. The highest BCUT2D eigenvalue weighted by molar-refractivity contribution is 5.80. The van der Waals surface area contributed by atoms with E-state index in [4.69, 9.17) is 0 Å². The molecule has 1 rings (SSSR count). The van der Waals surface area contributed by atoms with E-state index in [0.29, 0.717) is 0 Å². The molecule has 1 N–H and O–H groups in total. The summed E-state index contributed by atoms with van der Waals surface area (Å²) in [5.74, 6) is 0. The predicted molar refractivity (Wildman–Crippen MR) is 76.5 cm³/mol. The highest BCUT2D eigenvalue weighted by Crippen LogP contribution is 2.18. The molecule has 0 fully saturated rings. The zero-order chi connectivity index (χ0) is 12.8. The molecule has 2 heteroatoms. The number of aliphatic imine (C=N–C) groups is 1. The van der Waals surface area contributed by atoms with Crippen molar-refractivity contribution in [3.8, 4) is 0 Å². The van der Waals surface area contributed by atoms with Crippen molar-refractivity contribution >= 4 is 11.4 Å². The monoisotopic (exact) mass is 228 g/mol. The first-order valence-corrected chi connectivity index (χ1v) is 5.74. The standard InChI is InChI=1S/C15H20N2/c1-6-14(16-11(2)3)13(5)17-15-10-8-7-9-12(15)4/h6-10,17H,5H2,1-4H3/b14-6-. The molecule has 0 bridgehead atoms. The van der Waals surface area contributed by atoms with Gasteiger partial charge in [-0.25, -0.2) is 0 Å². The average molecular weight is 228 g/mol. The van der Waals surface area contributed by atoms with Gasteiger partial charge < -0.3 is 5.32 Å². The van der Waals surface area contributed by atoms with Gasteiger partial charge in [0.2, 0.25) is 0 Å². The number of para-hydroxylation sites is 1. The van der Waals surface area contributed by atoms with E-state index < -0.39 is 0 Å². The number of nitrogens with one attached hydrogen (secondary N) is 1. The molecule has 0 saturated heterocycles. The van der Waals surface area contributed by atoms with Crippen molar-refractivity contribution in [2.24, 2.45) is 4.99 Å². The molecule has 0 atom stereocenters. The van der Waals surface area contributed by atoms with Gasteiger partial charge in [-0.2, -0.15) is 0 Å². The van der Waals surface area contributed by atoms with Crippen LogP contribution in [0.1, 0.15) is 26.3 Å². The summed E-state index contributed by atoms with van der Waals surface area (Å²) < 4.78 is 0. The lowest BCUT2D eigenvalue weighted by atomic mass is 10.2. The molecule has 0 saturated carbocycles. The van der Waals surface area contributed by atoms with E-state index in [1.54, 1.807) is 0 Å². The zero-order valence-electron chi connectivity index (χ0n) is 11.0. The van der Waals surface area contributed by atoms with Crippen molar-refractivity contribution in [3.05, 3.63) is 53.9 Å². The third-order valence-corrected chi connectivity index (χ3v) is 2.36.